The van der Waals surface area contributed by atoms with E-state index in [-0.39, 0.29) is 17.3 Å². The predicted octanol–water partition coefficient (Wildman–Crippen LogP) is 3.14. The lowest BCUT2D eigenvalue weighted by molar-refractivity contribution is -0.135. The Balaban J connectivity index is 1.67. The molecule has 0 atom stereocenters. The van der Waals surface area contributed by atoms with Gasteiger partial charge in [0.1, 0.15) is 16.4 Å². The lowest BCUT2D eigenvalue weighted by atomic mass is 10.1. The lowest BCUT2D eigenvalue weighted by Gasteiger charge is -2.27. The van der Waals surface area contributed by atoms with E-state index in [1.165, 1.54) is 17.5 Å². The van der Waals surface area contributed by atoms with Crippen molar-refractivity contribution >= 4 is 33.0 Å². The van der Waals surface area contributed by atoms with Crippen LogP contribution in [0.2, 0.25) is 0 Å². The Labute approximate surface area is 191 Å². The largest absolute Gasteiger partial charge is 0.378 e. The molecule has 0 aliphatic carbocycles. The van der Waals surface area contributed by atoms with Crippen molar-refractivity contribution in [2.75, 3.05) is 31.0 Å². The summed E-state index contributed by atoms with van der Waals surface area (Å²) in [6.45, 7) is 5.98. The van der Waals surface area contributed by atoms with Gasteiger partial charge in [0.15, 0.2) is 0 Å². The molecule has 1 aromatic carbocycles. The molecule has 170 valence electrons. The zero-order chi connectivity index (χ0) is 22.7. The van der Waals surface area contributed by atoms with Gasteiger partial charge in [-0.3, -0.25) is 9.52 Å². The lowest BCUT2D eigenvalue weighted by Crippen LogP contribution is -2.42. The minimum atomic E-state index is -3.85. The van der Waals surface area contributed by atoms with Crippen LogP contribution in [0, 0.1) is 6.92 Å². The molecule has 0 unspecified atom stereocenters. The normalized spacial score (nSPS) is 14.5. The number of amides is 1. The summed E-state index contributed by atoms with van der Waals surface area (Å²) in [7, 11) is -3.85. The molecule has 2 aromatic heterocycles. The van der Waals surface area contributed by atoms with E-state index in [9.17, 15) is 13.2 Å². The van der Waals surface area contributed by atoms with Crippen LogP contribution in [0.4, 0.5) is 5.69 Å². The molecule has 0 radical (unpaired) electrons. The Morgan fingerprint density at radius 3 is 2.69 bits per heavy atom. The highest BCUT2D eigenvalue weighted by Gasteiger charge is 2.24. The second-order valence-corrected chi connectivity index (χ2v) is 10.1. The highest BCUT2D eigenvalue weighted by Crippen LogP contribution is 2.29. The van der Waals surface area contributed by atoms with E-state index in [0.717, 1.165) is 11.3 Å². The van der Waals surface area contributed by atoms with Crippen LogP contribution in [-0.2, 0) is 32.5 Å². The molecule has 3 aromatic rings. The molecule has 0 spiro atoms. The number of aromatic nitrogens is 2. The first-order valence-electron chi connectivity index (χ1n) is 10.5. The molecule has 1 saturated heterocycles. The van der Waals surface area contributed by atoms with Crippen LogP contribution < -0.4 is 4.72 Å². The van der Waals surface area contributed by atoms with E-state index in [1.807, 2.05) is 31.4 Å². The number of rotatable bonds is 7. The zero-order valence-corrected chi connectivity index (χ0v) is 19.7. The topological polar surface area (TPSA) is 93.5 Å². The number of hydrogen-bond acceptors (Lipinski definition) is 6. The second-order valence-electron chi connectivity index (χ2n) is 7.59. The number of sulfonamides is 1. The number of aryl methyl sites for hydroxylation is 2. The zero-order valence-electron chi connectivity index (χ0n) is 18.1. The second kappa shape index (κ2) is 9.43. The van der Waals surface area contributed by atoms with Crippen molar-refractivity contribution in [3.8, 4) is 10.7 Å². The molecular formula is C22H26N4O4S2. The maximum Gasteiger partial charge on any atom is 0.263 e. The van der Waals surface area contributed by atoms with Gasteiger partial charge in [0.05, 0.1) is 24.6 Å². The molecule has 3 heterocycles. The summed E-state index contributed by atoms with van der Waals surface area (Å²) >= 11 is 1.42. The van der Waals surface area contributed by atoms with Gasteiger partial charge in [0.2, 0.25) is 5.91 Å². The number of hydrogen-bond donors (Lipinski definition) is 1. The summed E-state index contributed by atoms with van der Waals surface area (Å²) < 4.78 is 36.1. The van der Waals surface area contributed by atoms with Gasteiger partial charge in [0.25, 0.3) is 10.0 Å². The van der Waals surface area contributed by atoms with Crippen LogP contribution in [0.3, 0.4) is 0 Å². The number of nitrogens with one attached hydrogen (secondary N) is 1. The number of thiazole rings is 1. The van der Waals surface area contributed by atoms with Crippen LogP contribution in [0.15, 0.2) is 46.8 Å². The molecule has 0 bridgehead atoms. The first-order valence-corrected chi connectivity index (χ1v) is 12.8. The van der Waals surface area contributed by atoms with Gasteiger partial charge in [0, 0.05) is 30.4 Å². The standard InChI is InChI=1S/C22H26N4O4S2/c1-3-17-6-4-5-7-19(17)24-32(28,29)18-12-20(22-23-16(2)15-31-22)26(13-18)14-21(27)25-8-10-30-11-9-25/h4-7,12-13,15,24H,3,8-11,14H2,1-2H3. The van der Waals surface area contributed by atoms with Crippen LogP contribution in [0.25, 0.3) is 10.7 Å². The van der Waals surface area contributed by atoms with Crippen molar-refractivity contribution in [2.24, 2.45) is 0 Å². The number of anilines is 1. The smallest absolute Gasteiger partial charge is 0.263 e. The fourth-order valence-corrected chi connectivity index (χ4v) is 5.57. The summed E-state index contributed by atoms with van der Waals surface area (Å²) in [4.78, 5) is 19.2. The third kappa shape index (κ3) is 4.87. The third-order valence-electron chi connectivity index (χ3n) is 5.33. The molecular weight excluding hydrogens is 448 g/mol. The van der Waals surface area contributed by atoms with Crippen molar-refractivity contribution in [2.45, 2.75) is 31.7 Å². The first-order chi connectivity index (χ1) is 15.4. The van der Waals surface area contributed by atoms with Crippen molar-refractivity contribution in [3.05, 3.63) is 53.2 Å². The highest BCUT2D eigenvalue weighted by molar-refractivity contribution is 7.92. The van der Waals surface area contributed by atoms with Crippen LogP contribution in [0.5, 0.6) is 0 Å². The van der Waals surface area contributed by atoms with E-state index in [2.05, 4.69) is 9.71 Å². The Morgan fingerprint density at radius 1 is 1.25 bits per heavy atom. The number of nitrogens with zero attached hydrogens (tertiary/aromatic N) is 3. The number of para-hydroxylation sites is 1. The minimum absolute atomic E-state index is 0.0367. The number of ether oxygens (including phenoxy) is 1. The number of morpholine rings is 1. The Bertz CT molecular complexity index is 1210. The quantitative estimate of drug-likeness (QED) is 0.568. The van der Waals surface area contributed by atoms with Gasteiger partial charge in [-0.25, -0.2) is 13.4 Å². The van der Waals surface area contributed by atoms with E-state index in [0.29, 0.717) is 49.1 Å². The maximum atomic E-state index is 13.2. The maximum absolute atomic E-state index is 13.2. The number of carbonyl (C=O) groups is 1. The Morgan fingerprint density at radius 2 is 2.00 bits per heavy atom. The molecule has 32 heavy (non-hydrogen) atoms. The molecule has 0 saturated carbocycles. The molecule has 1 fully saturated rings. The van der Waals surface area contributed by atoms with Gasteiger partial charge >= 0.3 is 0 Å². The summed E-state index contributed by atoms with van der Waals surface area (Å²) in [5.41, 5.74) is 2.91. The third-order valence-corrected chi connectivity index (χ3v) is 7.65. The highest BCUT2D eigenvalue weighted by atomic mass is 32.2. The number of benzene rings is 1. The van der Waals surface area contributed by atoms with E-state index < -0.39 is 10.0 Å². The van der Waals surface area contributed by atoms with Crippen molar-refractivity contribution in [1.82, 2.24) is 14.5 Å². The summed E-state index contributed by atoms with van der Waals surface area (Å²) in [5.74, 6) is -0.0772. The Hall–Kier alpha value is -2.69. The molecule has 4 rings (SSSR count). The SMILES string of the molecule is CCc1ccccc1NS(=O)(=O)c1cc(-c2nc(C)cs2)n(CC(=O)N2CCOCC2)c1. The summed E-state index contributed by atoms with van der Waals surface area (Å²) in [5, 5.41) is 2.58. The molecule has 8 nitrogen and oxygen atoms in total. The van der Waals surface area contributed by atoms with Gasteiger partial charge < -0.3 is 14.2 Å². The molecule has 1 aliphatic heterocycles. The summed E-state index contributed by atoms with van der Waals surface area (Å²) in [6, 6.07) is 8.91. The fourth-order valence-electron chi connectivity index (χ4n) is 3.60. The fraction of sp³-hybridized carbons (Fsp3) is 0.364. The van der Waals surface area contributed by atoms with Crippen LogP contribution >= 0.6 is 11.3 Å². The first kappa shape index (κ1) is 22.5. The van der Waals surface area contributed by atoms with E-state index in [1.54, 1.807) is 27.7 Å². The van der Waals surface area contributed by atoms with Crippen LogP contribution in [-0.4, -0.2) is 55.1 Å². The molecule has 10 heteroatoms. The van der Waals surface area contributed by atoms with Gasteiger partial charge in [-0.15, -0.1) is 11.3 Å². The van der Waals surface area contributed by atoms with Crippen molar-refractivity contribution in [3.63, 3.8) is 0 Å². The minimum Gasteiger partial charge on any atom is -0.378 e. The molecule has 1 amide bonds. The van der Waals surface area contributed by atoms with Crippen LogP contribution in [0.1, 0.15) is 18.2 Å². The average molecular weight is 475 g/mol. The number of carbonyl (C=O) groups excluding carboxylic acids is 1. The monoisotopic (exact) mass is 474 g/mol. The van der Waals surface area contributed by atoms with Gasteiger partial charge in [-0.2, -0.15) is 0 Å². The van der Waals surface area contributed by atoms with Crippen molar-refractivity contribution in [1.29, 1.82) is 0 Å². The average Bonchev–Trinajstić information content (AvgIpc) is 3.41. The molecule has 1 aliphatic rings. The summed E-state index contributed by atoms with van der Waals surface area (Å²) in [6.07, 6.45) is 2.22. The van der Waals surface area contributed by atoms with Crippen molar-refractivity contribution < 1.29 is 17.9 Å². The predicted molar refractivity (Wildman–Crippen MR) is 124 cm³/mol. The van der Waals surface area contributed by atoms with E-state index in [4.69, 9.17) is 4.74 Å². The van der Waals surface area contributed by atoms with E-state index >= 15 is 0 Å². The van der Waals surface area contributed by atoms with Gasteiger partial charge in [-0.05, 0) is 31.0 Å². The molecule has 1 N–H and O–H groups in total. The Kier molecular flexibility index (Phi) is 6.63. The van der Waals surface area contributed by atoms with Gasteiger partial charge in [-0.1, -0.05) is 25.1 Å².